The van der Waals surface area contributed by atoms with Gasteiger partial charge in [-0.15, -0.1) is 0 Å². The van der Waals surface area contributed by atoms with Crippen LogP contribution in [0.25, 0.3) is 0 Å². The highest BCUT2D eigenvalue weighted by Crippen LogP contribution is 2.26. The first-order valence-corrected chi connectivity index (χ1v) is 4.16. The van der Waals surface area contributed by atoms with Crippen LogP contribution in [0.3, 0.4) is 0 Å². The van der Waals surface area contributed by atoms with Crippen molar-refractivity contribution in [3.63, 3.8) is 0 Å². The molecule has 0 aromatic carbocycles. The molecule has 0 spiro atoms. The molecule has 0 amide bonds. The number of hydrogen-bond donors (Lipinski definition) is 1. The van der Waals surface area contributed by atoms with E-state index < -0.39 is 0 Å². The minimum atomic E-state index is 0.458. The molecule has 0 bridgehead atoms. The number of nitrogens with two attached hydrogens (primary N) is 1. The van der Waals surface area contributed by atoms with Crippen LogP contribution in [0, 0.1) is 11.8 Å². The molecule has 0 saturated carbocycles. The molecule has 0 radical (unpaired) electrons. The number of rotatable bonds is 1. The first-order chi connectivity index (χ1) is 5.16. The lowest BCUT2D eigenvalue weighted by Gasteiger charge is -2.25. The van der Waals surface area contributed by atoms with Crippen LogP contribution in [-0.4, -0.2) is 5.84 Å². The van der Waals surface area contributed by atoms with E-state index >= 15 is 0 Å². The first kappa shape index (κ1) is 8.31. The largest absolute Gasteiger partial charge is 0.387 e. The summed E-state index contributed by atoms with van der Waals surface area (Å²) in [4.78, 5) is 4.15. The lowest BCUT2D eigenvalue weighted by molar-refractivity contribution is 0.491. The Labute approximate surface area is 68.2 Å². The second-order valence-corrected chi connectivity index (χ2v) is 3.23. The molecule has 11 heavy (non-hydrogen) atoms. The number of hydrogen-bond acceptors (Lipinski definition) is 2. The molecule has 0 aliphatic carbocycles. The lowest BCUT2D eigenvalue weighted by atomic mass is 9.84. The van der Waals surface area contributed by atoms with Gasteiger partial charge < -0.3 is 5.73 Å². The molecule has 0 saturated heterocycles. The van der Waals surface area contributed by atoms with Crippen LogP contribution in [0.1, 0.15) is 27.2 Å². The maximum absolute atomic E-state index is 5.75. The molecule has 2 nitrogen and oxygen atoms in total. The molecule has 1 aliphatic rings. The van der Waals surface area contributed by atoms with E-state index in [1.807, 2.05) is 6.20 Å². The Balaban J connectivity index is 2.84. The summed E-state index contributed by atoms with van der Waals surface area (Å²) in [5, 5.41) is 0. The Hall–Kier alpha value is -0.790. The molecular formula is C9H16N2. The Morgan fingerprint density at radius 3 is 2.73 bits per heavy atom. The van der Waals surface area contributed by atoms with Crippen LogP contribution in [0.4, 0.5) is 0 Å². The lowest BCUT2D eigenvalue weighted by Crippen LogP contribution is -2.31. The van der Waals surface area contributed by atoms with Crippen molar-refractivity contribution in [1.82, 2.24) is 0 Å². The molecule has 1 rings (SSSR count). The first-order valence-electron chi connectivity index (χ1n) is 4.16. The molecule has 1 heterocycles. The molecule has 2 heteroatoms. The van der Waals surface area contributed by atoms with Crippen LogP contribution in [0.15, 0.2) is 16.8 Å². The van der Waals surface area contributed by atoms with Crippen LogP contribution in [0.2, 0.25) is 0 Å². The monoisotopic (exact) mass is 152 g/mol. The zero-order valence-corrected chi connectivity index (χ0v) is 7.46. The molecule has 2 atom stereocenters. The molecule has 62 valence electrons. The van der Waals surface area contributed by atoms with Crippen molar-refractivity contribution in [1.29, 1.82) is 0 Å². The third-order valence-electron chi connectivity index (χ3n) is 2.56. The highest BCUT2D eigenvalue weighted by atomic mass is 14.9. The van der Waals surface area contributed by atoms with E-state index in [0.717, 1.165) is 12.3 Å². The number of allylic oxidation sites excluding steroid dienone is 1. The van der Waals surface area contributed by atoms with Gasteiger partial charge in [0.05, 0.1) is 0 Å². The fourth-order valence-corrected chi connectivity index (χ4v) is 1.53. The van der Waals surface area contributed by atoms with Gasteiger partial charge in [-0.05, 0) is 19.3 Å². The summed E-state index contributed by atoms with van der Waals surface area (Å²) in [6.07, 6.45) is 2.97. The maximum Gasteiger partial charge on any atom is 0.103 e. The van der Waals surface area contributed by atoms with Gasteiger partial charge in [0, 0.05) is 12.1 Å². The number of amidine groups is 1. The van der Waals surface area contributed by atoms with Gasteiger partial charge in [-0.25, -0.2) is 4.99 Å². The topological polar surface area (TPSA) is 38.4 Å². The SMILES string of the molecule is CCC1C(N)=NC=C(C)C1C. The molecule has 2 unspecified atom stereocenters. The van der Waals surface area contributed by atoms with Crippen molar-refractivity contribution in [2.75, 3.05) is 0 Å². The average molecular weight is 152 g/mol. The van der Waals surface area contributed by atoms with E-state index in [9.17, 15) is 0 Å². The van der Waals surface area contributed by atoms with E-state index in [1.54, 1.807) is 0 Å². The van der Waals surface area contributed by atoms with Gasteiger partial charge >= 0.3 is 0 Å². The summed E-state index contributed by atoms with van der Waals surface area (Å²) in [5.74, 6) is 1.82. The van der Waals surface area contributed by atoms with Crippen molar-refractivity contribution < 1.29 is 0 Å². The predicted molar refractivity (Wildman–Crippen MR) is 48.3 cm³/mol. The van der Waals surface area contributed by atoms with E-state index in [0.29, 0.717) is 11.8 Å². The molecule has 2 N–H and O–H groups in total. The maximum atomic E-state index is 5.75. The normalized spacial score (nSPS) is 31.2. The van der Waals surface area contributed by atoms with Crippen molar-refractivity contribution >= 4 is 5.84 Å². The van der Waals surface area contributed by atoms with E-state index in [2.05, 4.69) is 25.8 Å². The van der Waals surface area contributed by atoms with E-state index in [1.165, 1.54) is 5.57 Å². The van der Waals surface area contributed by atoms with E-state index in [4.69, 9.17) is 5.73 Å². The number of aliphatic imine (C=N–C) groups is 1. The highest BCUT2D eigenvalue weighted by molar-refractivity contribution is 5.84. The predicted octanol–water partition coefficient (Wildman–Crippen LogP) is 1.92. The van der Waals surface area contributed by atoms with Gasteiger partial charge in [0.2, 0.25) is 0 Å². The average Bonchev–Trinajstić information content (AvgIpc) is 1.99. The minimum Gasteiger partial charge on any atom is -0.387 e. The molecule has 0 aromatic heterocycles. The molecule has 0 aromatic rings. The Bertz CT molecular complexity index is 204. The van der Waals surface area contributed by atoms with Gasteiger partial charge in [-0.3, -0.25) is 0 Å². The number of nitrogens with zero attached hydrogens (tertiary/aromatic N) is 1. The second-order valence-electron chi connectivity index (χ2n) is 3.23. The van der Waals surface area contributed by atoms with Gasteiger partial charge in [-0.1, -0.05) is 19.4 Å². The third kappa shape index (κ3) is 1.44. The summed E-state index contributed by atoms with van der Waals surface area (Å²) in [7, 11) is 0. The summed E-state index contributed by atoms with van der Waals surface area (Å²) in [6, 6.07) is 0. The fourth-order valence-electron chi connectivity index (χ4n) is 1.53. The van der Waals surface area contributed by atoms with Gasteiger partial charge in [-0.2, -0.15) is 0 Å². The Morgan fingerprint density at radius 1 is 1.64 bits per heavy atom. The molecular weight excluding hydrogens is 136 g/mol. The zero-order chi connectivity index (χ0) is 8.43. The second kappa shape index (κ2) is 3.07. The Morgan fingerprint density at radius 2 is 2.27 bits per heavy atom. The van der Waals surface area contributed by atoms with Crippen LogP contribution in [-0.2, 0) is 0 Å². The standard InChI is InChI=1S/C9H16N2/c1-4-8-7(3)6(2)5-11-9(8)10/h5,7-8H,4H2,1-3H3,(H2,10,11). The van der Waals surface area contributed by atoms with Gasteiger partial charge in [0.15, 0.2) is 0 Å². The van der Waals surface area contributed by atoms with Crippen LogP contribution < -0.4 is 5.73 Å². The highest BCUT2D eigenvalue weighted by Gasteiger charge is 2.22. The molecule has 1 aliphatic heterocycles. The van der Waals surface area contributed by atoms with Crippen molar-refractivity contribution in [2.24, 2.45) is 22.6 Å². The summed E-state index contributed by atoms with van der Waals surface area (Å²) in [5.41, 5.74) is 7.09. The zero-order valence-electron chi connectivity index (χ0n) is 7.46. The van der Waals surface area contributed by atoms with Gasteiger partial charge in [0.25, 0.3) is 0 Å². The van der Waals surface area contributed by atoms with Crippen molar-refractivity contribution in [2.45, 2.75) is 27.2 Å². The summed E-state index contributed by atoms with van der Waals surface area (Å²) >= 11 is 0. The van der Waals surface area contributed by atoms with Crippen molar-refractivity contribution in [3.8, 4) is 0 Å². The van der Waals surface area contributed by atoms with Crippen LogP contribution in [0.5, 0.6) is 0 Å². The Kier molecular flexibility index (Phi) is 2.32. The van der Waals surface area contributed by atoms with Crippen LogP contribution >= 0.6 is 0 Å². The van der Waals surface area contributed by atoms with E-state index in [-0.39, 0.29) is 0 Å². The summed E-state index contributed by atoms with van der Waals surface area (Å²) < 4.78 is 0. The summed E-state index contributed by atoms with van der Waals surface area (Å²) in [6.45, 7) is 6.48. The van der Waals surface area contributed by atoms with Crippen molar-refractivity contribution in [3.05, 3.63) is 11.8 Å². The van der Waals surface area contributed by atoms with Gasteiger partial charge in [0.1, 0.15) is 5.84 Å². The molecule has 0 fully saturated rings. The quantitative estimate of drug-likeness (QED) is 0.612. The smallest absolute Gasteiger partial charge is 0.103 e. The third-order valence-corrected chi connectivity index (χ3v) is 2.56. The fraction of sp³-hybridized carbons (Fsp3) is 0.667. The minimum absolute atomic E-state index is 0.458.